The lowest BCUT2D eigenvalue weighted by atomic mass is 11.9. The first-order valence-corrected chi connectivity index (χ1v) is 14.7. The molecular formula is C6H21O4PSi3. The van der Waals surface area contributed by atoms with Gasteiger partial charge >= 0.3 is 7.82 Å². The van der Waals surface area contributed by atoms with Crippen LogP contribution >= 0.6 is 7.82 Å². The minimum Gasteiger partial charge on any atom is -0.335 e. The third kappa shape index (κ3) is 7.11. The average molecular weight is 272 g/mol. The van der Waals surface area contributed by atoms with Crippen molar-refractivity contribution in [3.63, 3.8) is 0 Å². The first-order chi connectivity index (χ1) is 6.25. The Kier molecular flexibility index (Phi) is 6.71. The Morgan fingerprint density at radius 3 is 1.07 bits per heavy atom. The van der Waals surface area contributed by atoms with Gasteiger partial charge < -0.3 is 12.6 Å². The molecule has 0 atom stereocenters. The molecule has 0 heterocycles. The lowest BCUT2D eigenvalue weighted by Crippen LogP contribution is -2.18. The summed E-state index contributed by atoms with van der Waals surface area (Å²) in [6, 6.07) is 0. The highest BCUT2D eigenvalue weighted by Crippen LogP contribution is 2.51. The van der Waals surface area contributed by atoms with Gasteiger partial charge in [0, 0.05) is 0 Å². The Hall–Kier alpha value is 0.761. The van der Waals surface area contributed by atoms with Gasteiger partial charge in [0.2, 0.25) is 0 Å². The molecule has 0 rings (SSSR count). The van der Waals surface area contributed by atoms with Crippen LogP contribution in [0.1, 0.15) is 0 Å². The second-order valence-electron chi connectivity index (χ2n) is 3.91. The molecule has 0 aromatic heterocycles. The summed E-state index contributed by atoms with van der Waals surface area (Å²) in [4.78, 5) is 0. The minimum absolute atomic E-state index is 1.38. The summed E-state index contributed by atoms with van der Waals surface area (Å²) < 4.78 is 28.2. The van der Waals surface area contributed by atoms with Crippen molar-refractivity contribution in [3.05, 3.63) is 0 Å². The molecule has 0 spiro atoms. The van der Waals surface area contributed by atoms with Crippen LogP contribution in [0.2, 0.25) is 39.3 Å². The van der Waals surface area contributed by atoms with Gasteiger partial charge in [0.15, 0.2) is 27.1 Å². The Bertz CT molecular complexity index is 176. The molecule has 0 saturated heterocycles. The first kappa shape index (κ1) is 14.8. The Morgan fingerprint density at radius 1 is 0.714 bits per heavy atom. The molecule has 0 saturated carbocycles. The Balaban J connectivity index is 4.41. The van der Waals surface area contributed by atoms with Crippen molar-refractivity contribution in [2.24, 2.45) is 0 Å². The summed E-state index contributed by atoms with van der Waals surface area (Å²) in [7, 11) is -7.35. The van der Waals surface area contributed by atoms with Gasteiger partial charge in [-0.15, -0.1) is 0 Å². The summed E-state index contributed by atoms with van der Waals surface area (Å²) in [6.07, 6.45) is 0. The van der Waals surface area contributed by atoms with Crippen LogP contribution in [0.4, 0.5) is 0 Å². The van der Waals surface area contributed by atoms with E-state index >= 15 is 0 Å². The van der Waals surface area contributed by atoms with Crippen LogP contribution in [0.3, 0.4) is 0 Å². The summed E-state index contributed by atoms with van der Waals surface area (Å²) in [5, 5.41) is 0. The smallest absolute Gasteiger partial charge is 0.335 e. The van der Waals surface area contributed by atoms with Gasteiger partial charge in [-0.3, -0.25) is 0 Å². The van der Waals surface area contributed by atoms with Gasteiger partial charge in [-0.2, -0.15) is 0 Å². The number of phosphoric acid groups is 1. The quantitative estimate of drug-likeness (QED) is 0.549. The van der Waals surface area contributed by atoms with Gasteiger partial charge in [-0.1, -0.05) is 0 Å². The van der Waals surface area contributed by atoms with E-state index in [1.54, 1.807) is 0 Å². The van der Waals surface area contributed by atoms with Crippen LogP contribution in [-0.2, 0) is 17.2 Å². The van der Waals surface area contributed by atoms with Crippen molar-refractivity contribution in [1.29, 1.82) is 0 Å². The first-order valence-electron chi connectivity index (χ1n) is 4.90. The molecule has 0 aliphatic heterocycles. The molecule has 0 aromatic carbocycles. The van der Waals surface area contributed by atoms with Crippen molar-refractivity contribution in [1.82, 2.24) is 0 Å². The Morgan fingerprint density at radius 2 is 0.929 bits per heavy atom. The second kappa shape index (κ2) is 6.37. The molecule has 0 aliphatic carbocycles. The largest absolute Gasteiger partial charge is 0.444 e. The summed E-state index contributed by atoms with van der Waals surface area (Å²) in [6.45, 7) is 11.8. The van der Waals surface area contributed by atoms with Crippen LogP contribution in [0.25, 0.3) is 0 Å². The second-order valence-corrected chi connectivity index (χ2v) is 13.6. The fourth-order valence-corrected chi connectivity index (χ4v) is 8.98. The van der Waals surface area contributed by atoms with Gasteiger partial charge in [0.1, 0.15) is 0 Å². The molecule has 0 radical (unpaired) electrons. The van der Waals surface area contributed by atoms with Gasteiger partial charge in [-0.25, -0.2) is 4.57 Å². The topological polar surface area (TPSA) is 44.8 Å². The highest BCUT2D eigenvalue weighted by molar-refractivity contribution is 7.52. The van der Waals surface area contributed by atoms with Gasteiger partial charge in [0.05, 0.1) is 0 Å². The van der Waals surface area contributed by atoms with Gasteiger partial charge in [0.25, 0.3) is 0 Å². The number of rotatable bonds is 6. The molecule has 0 amide bonds. The van der Waals surface area contributed by atoms with Crippen molar-refractivity contribution < 1.29 is 17.2 Å². The van der Waals surface area contributed by atoms with Crippen molar-refractivity contribution in [3.8, 4) is 0 Å². The van der Waals surface area contributed by atoms with Crippen LogP contribution in [-0.4, -0.2) is 27.1 Å². The normalized spacial score (nSPS) is 13.2. The molecule has 14 heavy (non-hydrogen) atoms. The van der Waals surface area contributed by atoms with Crippen LogP contribution in [0.15, 0.2) is 0 Å². The van der Waals surface area contributed by atoms with Crippen LogP contribution in [0.5, 0.6) is 0 Å². The maximum atomic E-state index is 12.1. The SMILES string of the molecule is C[SiH](C)OP(=O)(O[SiH](C)C)O[SiH](C)C. The van der Waals surface area contributed by atoms with E-state index in [2.05, 4.69) is 0 Å². The van der Waals surface area contributed by atoms with E-state index in [1.165, 1.54) is 0 Å². The molecule has 4 nitrogen and oxygen atoms in total. The third-order valence-corrected chi connectivity index (χ3v) is 9.18. The summed E-state index contributed by atoms with van der Waals surface area (Å²) in [5.74, 6) is 0. The van der Waals surface area contributed by atoms with Crippen molar-refractivity contribution in [2.45, 2.75) is 39.3 Å². The van der Waals surface area contributed by atoms with Gasteiger partial charge in [-0.05, 0) is 39.3 Å². The zero-order chi connectivity index (χ0) is 11.4. The molecule has 0 unspecified atom stereocenters. The molecule has 86 valence electrons. The fourth-order valence-electron chi connectivity index (χ4n) is 0.849. The molecule has 0 aliphatic rings. The van der Waals surface area contributed by atoms with E-state index < -0.39 is 34.9 Å². The zero-order valence-corrected chi connectivity index (χ0v) is 14.2. The van der Waals surface area contributed by atoms with E-state index in [1.807, 2.05) is 39.3 Å². The number of hydrogen-bond acceptors (Lipinski definition) is 4. The number of hydrogen-bond donors (Lipinski definition) is 0. The van der Waals surface area contributed by atoms with Crippen molar-refractivity contribution >= 4 is 34.9 Å². The van der Waals surface area contributed by atoms with Crippen LogP contribution in [0, 0.1) is 0 Å². The van der Waals surface area contributed by atoms with E-state index in [-0.39, 0.29) is 0 Å². The predicted octanol–water partition coefficient (Wildman–Crippen LogP) is 2.09. The third-order valence-electron chi connectivity index (χ3n) is 1.02. The van der Waals surface area contributed by atoms with E-state index in [0.717, 1.165) is 0 Å². The van der Waals surface area contributed by atoms with E-state index in [0.29, 0.717) is 0 Å². The maximum absolute atomic E-state index is 12.1. The Labute approximate surface area is 91.8 Å². The summed E-state index contributed by atoms with van der Waals surface area (Å²) in [5.41, 5.74) is 0. The highest BCUT2D eigenvalue weighted by atomic mass is 31.2. The maximum Gasteiger partial charge on any atom is 0.444 e. The lowest BCUT2D eigenvalue weighted by molar-refractivity contribution is 0.306. The molecule has 0 fully saturated rings. The molecule has 8 heteroatoms. The standard InChI is InChI=1S/C6H21O4PSi3/c1-12(2)8-11(7,9-13(3)4)10-14(5)6/h12-14H,1-6H3. The molecule has 0 bridgehead atoms. The van der Waals surface area contributed by atoms with Crippen LogP contribution < -0.4 is 0 Å². The average Bonchev–Trinajstić information content (AvgIpc) is 1.76. The zero-order valence-electron chi connectivity index (χ0n) is 9.81. The van der Waals surface area contributed by atoms with E-state index in [9.17, 15) is 4.57 Å². The molecule has 0 N–H and O–H groups in total. The molecule has 0 aromatic rings. The predicted molar refractivity (Wildman–Crippen MR) is 67.5 cm³/mol. The van der Waals surface area contributed by atoms with Crippen molar-refractivity contribution in [2.75, 3.05) is 0 Å². The molecular weight excluding hydrogens is 251 g/mol. The highest BCUT2D eigenvalue weighted by Gasteiger charge is 2.30. The monoisotopic (exact) mass is 272 g/mol. The summed E-state index contributed by atoms with van der Waals surface area (Å²) >= 11 is 0. The van der Waals surface area contributed by atoms with E-state index in [4.69, 9.17) is 12.6 Å². The fraction of sp³-hybridized carbons (Fsp3) is 1.00. The minimum atomic E-state index is -3.20. The lowest BCUT2D eigenvalue weighted by Gasteiger charge is -2.23.